The van der Waals surface area contributed by atoms with Crippen LogP contribution in [-0.2, 0) is 4.79 Å². The second kappa shape index (κ2) is 7.31. The maximum absolute atomic E-state index is 12.0. The number of hydrogen-bond acceptors (Lipinski definition) is 3. The van der Waals surface area contributed by atoms with E-state index in [1.54, 1.807) is 23.8 Å². The Morgan fingerprint density at radius 1 is 1.44 bits per heavy atom. The number of ether oxygens (including phenoxy) is 1. The van der Waals surface area contributed by atoms with Gasteiger partial charge in [0.2, 0.25) is 5.91 Å². The maximum atomic E-state index is 12.0. The predicted molar refractivity (Wildman–Crippen MR) is 77.2 cm³/mol. The molecule has 4 heteroatoms. The first-order valence-electron chi connectivity index (χ1n) is 5.99. The Balaban J connectivity index is 2.79. The molecule has 1 atom stereocenters. The summed E-state index contributed by atoms with van der Waals surface area (Å²) < 4.78 is 5.34. The molecule has 1 amide bonds. The summed E-state index contributed by atoms with van der Waals surface area (Å²) in [6, 6.07) is 7.85. The number of nitrogens with zero attached hydrogens (tertiary/aromatic N) is 1. The fourth-order valence-electron chi connectivity index (χ4n) is 1.80. The SMILES string of the molecule is COc1ccccc1C(C)N(C)C(=O)CCSC. The van der Waals surface area contributed by atoms with Crippen molar-refractivity contribution in [1.82, 2.24) is 4.90 Å². The average Bonchev–Trinajstić information content (AvgIpc) is 2.42. The van der Waals surface area contributed by atoms with E-state index in [0.717, 1.165) is 17.1 Å². The quantitative estimate of drug-likeness (QED) is 0.793. The van der Waals surface area contributed by atoms with E-state index in [1.165, 1.54) is 0 Å². The summed E-state index contributed by atoms with van der Waals surface area (Å²) in [5.74, 6) is 1.86. The third kappa shape index (κ3) is 3.67. The van der Waals surface area contributed by atoms with E-state index in [-0.39, 0.29) is 11.9 Å². The molecule has 0 spiro atoms. The van der Waals surface area contributed by atoms with Crippen molar-refractivity contribution in [1.29, 1.82) is 0 Å². The largest absolute Gasteiger partial charge is 0.496 e. The van der Waals surface area contributed by atoms with Gasteiger partial charge >= 0.3 is 0 Å². The highest BCUT2D eigenvalue weighted by Gasteiger charge is 2.19. The molecule has 0 aliphatic rings. The number of carbonyl (C=O) groups excluding carboxylic acids is 1. The lowest BCUT2D eigenvalue weighted by molar-refractivity contribution is -0.131. The van der Waals surface area contributed by atoms with Crippen molar-refractivity contribution in [2.75, 3.05) is 26.2 Å². The van der Waals surface area contributed by atoms with Crippen molar-refractivity contribution in [2.24, 2.45) is 0 Å². The van der Waals surface area contributed by atoms with Gasteiger partial charge < -0.3 is 9.64 Å². The van der Waals surface area contributed by atoms with Crippen molar-refractivity contribution in [3.05, 3.63) is 29.8 Å². The van der Waals surface area contributed by atoms with Gasteiger partial charge in [0.25, 0.3) is 0 Å². The monoisotopic (exact) mass is 267 g/mol. The Bertz CT molecular complexity index is 395. The number of amides is 1. The molecule has 0 saturated heterocycles. The first kappa shape index (κ1) is 14.9. The van der Waals surface area contributed by atoms with Gasteiger partial charge in [-0.05, 0) is 19.2 Å². The normalized spacial score (nSPS) is 12.0. The van der Waals surface area contributed by atoms with Crippen LogP contribution in [0.4, 0.5) is 0 Å². The van der Waals surface area contributed by atoms with Gasteiger partial charge in [0.05, 0.1) is 13.2 Å². The van der Waals surface area contributed by atoms with E-state index in [2.05, 4.69) is 0 Å². The van der Waals surface area contributed by atoms with Crippen LogP contribution in [-0.4, -0.2) is 37.0 Å². The summed E-state index contributed by atoms with van der Waals surface area (Å²) in [6.45, 7) is 2.02. The number of benzene rings is 1. The molecule has 0 N–H and O–H groups in total. The molecule has 3 nitrogen and oxygen atoms in total. The molecule has 1 rings (SSSR count). The van der Waals surface area contributed by atoms with Gasteiger partial charge in [-0.25, -0.2) is 0 Å². The highest BCUT2D eigenvalue weighted by Crippen LogP contribution is 2.28. The summed E-state index contributed by atoms with van der Waals surface area (Å²) >= 11 is 1.69. The van der Waals surface area contributed by atoms with Crippen molar-refractivity contribution in [3.63, 3.8) is 0 Å². The van der Waals surface area contributed by atoms with Crippen molar-refractivity contribution in [2.45, 2.75) is 19.4 Å². The van der Waals surface area contributed by atoms with Crippen molar-refractivity contribution < 1.29 is 9.53 Å². The molecule has 0 bridgehead atoms. The molecular formula is C14H21NO2S. The fourth-order valence-corrected chi connectivity index (χ4v) is 2.18. The molecular weight excluding hydrogens is 246 g/mol. The first-order chi connectivity index (χ1) is 8.61. The topological polar surface area (TPSA) is 29.5 Å². The average molecular weight is 267 g/mol. The van der Waals surface area contributed by atoms with Crippen LogP contribution in [0.15, 0.2) is 24.3 Å². The van der Waals surface area contributed by atoms with Crippen molar-refractivity contribution in [3.8, 4) is 5.75 Å². The van der Waals surface area contributed by atoms with Gasteiger partial charge in [-0.1, -0.05) is 18.2 Å². The van der Waals surface area contributed by atoms with Gasteiger partial charge in [0.15, 0.2) is 0 Å². The third-order valence-corrected chi connectivity index (χ3v) is 3.70. The van der Waals surface area contributed by atoms with Gasteiger partial charge in [-0.3, -0.25) is 4.79 Å². The maximum Gasteiger partial charge on any atom is 0.223 e. The Hall–Kier alpha value is -1.16. The molecule has 1 aromatic carbocycles. The van der Waals surface area contributed by atoms with Crippen LogP contribution >= 0.6 is 11.8 Å². The van der Waals surface area contributed by atoms with E-state index >= 15 is 0 Å². The van der Waals surface area contributed by atoms with Crippen LogP contribution in [0.25, 0.3) is 0 Å². The number of carbonyl (C=O) groups is 1. The standard InChI is InChI=1S/C14H21NO2S/c1-11(15(2)14(16)9-10-18-4)12-7-5-6-8-13(12)17-3/h5-8,11H,9-10H2,1-4H3. The number of methoxy groups -OCH3 is 1. The molecule has 0 fully saturated rings. The number of para-hydroxylation sites is 1. The minimum Gasteiger partial charge on any atom is -0.496 e. The number of thioether (sulfide) groups is 1. The van der Waals surface area contributed by atoms with Gasteiger partial charge in [-0.15, -0.1) is 0 Å². The summed E-state index contributed by atoms with van der Waals surface area (Å²) in [7, 11) is 3.50. The summed E-state index contributed by atoms with van der Waals surface area (Å²) in [4.78, 5) is 13.8. The Morgan fingerprint density at radius 3 is 2.72 bits per heavy atom. The molecule has 1 unspecified atom stereocenters. The van der Waals surface area contributed by atoms with Crippen LogP contribution < -0.4 is 4.74 Å². The molecule has 18 heavy (non-hydrogen) atoms. The third-order valence-electron chi connectivity index (χ3n) is 3.08. The molecule has 1 aromatic rings. The second-order valence-electron chi connectivity index (χ2n) is 4.17. The lowest BCUT2D eigenvalue weighted by Crippen LogP contribution is -2.30. The summed E-state index contributed by atoms with van der Waals surface area (Å²) in [5, 5.41) is 0. The Morgan fingerprint density at radius 2 is 2.11 bits per heavy atom. The Labute approximate surface area is 114 Å². The van der Waals surface area contributed by atoms with Gasteiger partial charge in [-0.2, -0.15) is 11.8 Å². The zero-order chi connectivity index (χ0) is 13.5. The van der Waals surface area contributed by atoms with Crippen LogP contribution in [0.2, 0.25) is 0 Å². The van der Waals surface area contributed by atoms with Crippen LogP contribution in [0, 0.1) is 0 Å². The molecule has 100 valence electrons. The van der Waals surface area contributed by atoms with E-state index in [9.17, 15) is 4.79 Å². The minimum atomic E-state index is 0.0236. The van der Waals surface area contributed by atoms with Crippen LogP contribution in [0.3, 0.4) is 0 Å². The van der Waals surface area contributed by atoms with Crippen molar-refractivity contribution >= 4 is 17.7 Å². The van der Waals surface area contributed by atoms with Crippen LogP contribution in [0.5, 0.6) is 5.75 Å². The lowest BCUT2D eigenvalue weighted by Gasteiger charge is -2.26. The molecule has 0 radical (unpaired) electrons. The molecule has 0 aromatic heterocycles. The predicted octanol–water partition coefficient (Wildman–Crippen LogP) is 2.97. The second-order valence-corrected chi connectivity index (χ2v) is 5.15. The molecule has 0 saturated carbocycles. The first-order valence-corrected chi connectivity index (χ1v) is 7.38. The number of hydrogen-bond donors (Lipinski definition) is 0. The Kier molecular flexibility index (Phi) is 6.05. The van der Waals surface area contributed by atoms with E-state index in [1.807, 2.05) is 44.5 Å². The fraction of sp³-hybridized carbons (Fsp3) is 0.500. The molecule has 0 aliphatic carbocycles. The van der Waals surface area contributed by atoms with E-state index < -0.39 is 0 Å². The highest BCUT2D eigenvalue weighted by atomic mass is 32.2. The number of rotatable bonds is 6. The zero-order valence-electron chi connectivity index (χ0n) is 11.5. The molecule has 0 aliphatic heterocycles. The highest BCUT2D eigenvalue weighted by molar-refractivity contribution is 7.98. The summed E-state index contributed by atoms with van der Waals surface area (Å²) in [5.41, 5.74) is 1.04. The summed E-state index contributed by atoms with van der Waals surface area (Å²) in [6.07, 6.45) is 2.59. The van der Waals surface area contributed by atoms with E-state index in [4.69, 9.17) is 4.74 Å². The van der Waals surface area contributed by atoms with Gasteiger partial charge in [0.1, 0.15) is 5.75 Å². The van der Waals surface area contributed by atoms with Crippen LogP contribution in [0.1, 0.15) is 24.9 Å². The van der Waals surface area contributed by atoms with Gasteiger partial charge in [0, 0.05) is 24.8 Å². The lowest BCUT2D eigenvalue weighted by atomic mass is 10.1. The van der Waals surface area contributed by atoms with E-state index in [0.29, 0.717) is 6.42 Å². The zero-order valence-corrected chi connectivity index (χ0v) is 12.3. The smallest absolute Gasteiger partial charge is 0.223 e. The molecule has 0 heterocycles. The minimum absolute atomic E-state index is 0.0236.